The minimum Gasteiger partial charge on any atom is -0.496 e. The second-order valence-corrected chi connectivity index (χ2v) is 5.16. The van der Waals surface area contributed by atoms with Crippen LogP contribution in [0.1, 0.15) is 25.3 Å². The Hall–Kier alpha value is -1.28. The first kappa shape index (κ1) is 13.2. The average molecular weight is 265 g/mol. The smallest absolute Gasteiger partial charge is 0.176 e. The molecule has 2 atom stereocenters. The molecule has 0 N–H and O–H groups in total. The standard InChI is InChI=1S/C15H17ClO2/c1-10-7-8-12(15(17)14(10)16)9-11-5-3-4-6-13(11)18-2/h3-6,9-10,14H,7-8H2,1-2H3. The Balaban J connectivity index is 2.30. The van der Waals surface area contributed by atoms with Crippen LogP contribution in [0.15, 0.2) is 29.8 Å². The molecule has 1 aliphatic carbocycles. The van der Waals surface area contributed by atoms with Gasteiger partial charge in [0, 0.05) is 5.56 Å². The molecule has 1 aromatic rings. The largest absolute Gasteiger partial charge is 0.496 e. The van der Waals surface area contributed by atoms with E-state index in [1.165, 1.54) is 0 Å². The summed E-state index contributed by atoms with van der Waals surface area (Å²) < 4.78 is 5.28. The number of rotatable bonds is 2. The molecule has 1 saturated carbocycles. The summed E-state index contributed by atoms with van der Waals surface area (Å²) in [4.78, 5) is 12.1. The second-order valence-electron chi connectivity index (χ2n) is 4.69. The SMILES string of the molecule is COc1ccccc1C=C1CCC(C)C(Cl)C1=O. The number of hydrogen-bond donors (Lipinski definition) is 0. The van der Waals surface area contributed by atoms with E-state index in [4.69, 9.17) is 16.3 Å². The zero-order chi connectivity index (χ0) is 13.1. The fourth-order valence-corrected chi connectivity index (χ4v) is 2.47. The van der Waals surface area contributed by atoms with Crippen LogP contribution in [0.4, 0.5) is 0 Å². The molecule has 0 spiro atoms. The molecule has 1 fully saturated rings. The Morgan fingerprint density at radius 3 is 2.83 bits per heavy atom. The molecule has 0 amide bonds. The van der Waals surface area contributed by atoms with Crippen molar-refractivity contribution >= 4 is 23.5 Å². The van der Waals surface area contributed by atoms with Crippen LogP contribution >= 0.6 is 11.6 Å². The Kier molecular flexibility index (Phi) is 4.07. The number of carbonyl (C=O) groups excluding carboxylic acids is 1. The maximum absolute atomic E-state index is 12.1. The van der Waals surface area contributed by atoms with E-state index in [9.17, 15) is 4.79 Å². The van der Waals surface area contributed by atoms with Gasteiger partial charge in [-0.15, -0.1) is 11.6 Å². The van der Waals surface area contributed by atoms with Crippen LogP contribution in [-0.4, -0.2) is 18.3 Å². The zero-order valence-corrected chi connectivity index (χ0v) is 11.4. The summed E-state index contributed by atoms with van der Waals surface area (Å²) >= 11 is 6.13. The summed E-state index contributed by atoms with van der Waals surface area (Å²) in [6, 6.07) is 7.68. The van der Waals surface area contributed by atoms with E-state index >= 15 is 0 Å². The molecule has 3 heteroatoms. The number of hydrogen-bond acceptors (Lipinski definition) is 2. The van der Waals surface area contributed by atoms with Gasteiger partial charge in [-0.25, -0.2) is 0 Å². The highest BCUT2D eigenvalue weighted by atomic mass is 35.5. The lowest BCUT2D eigenvalue weighted by Crippen LogP contribution is -2.29. The van der Waals surface area contributed by atoms with E-state index in [0.29, 0.717) is 0 Å². The van der Waals surface area contributed by atoms with Gasteiger partial charge in [-0.1, -0.05) is 25.1 Å². The summed E-state index contributed by atoms with van der Waals surface area (Å²) in [6.07, 6.45) is 3.66. The van der Waals surface area contributed by atoms with Crippen molar-refractivity contribution in [2.75, 3.05) is 7.11 Å². The van der Waals surface area contributed by atoms with Crippen molar-refractivity contribution < 1.29 is 9.53 Å². The molecule has 1 aromatic carbocycles. The quantitative estimate of drug-likeness (QED) is 0.602. The second kappa shape index (κ2) is 5.57. The maximum Gasteiger partial charge on any atom is 0.176 e. The van der Waals surface area contributed by atoms with Gasteiger partial charge in [0.15, 0.2) is 5.78 Å². The number of methoxy groups -OCH3 is 1. The molecule has 2 unspecified atom stereocenters. The molecule has 18 heavy (non-hydrogen) atoms. The fraction of sp³-hybridized carbons (Fsp3) is 0.400. The number of halogens is 1. The van der Waals surface area contributed by atoms with Gasteiger partial charge in [-0.05, 0) is 36.5 Å². The topological polar surface area (TPSA) is 26.3 Å². The maximum atomic E-state index is 12.1. The van der Waals surface area contributed by atoms with Crippen molar-refractivity contribution in [1.29, 1.82) is 0 Å². The van der Waals surface area contributed by atoms with Crippen molar-refractivity contribution in [3.8, 4) is 5.75 Å². The predicted molar refractivity (Wildman–Crippen MR) is 74.0 cm³/mol. The molecule has 0 saturated heterocycles. The van der Waals surface area contributed by atoms with E-state index in [-0.39, 0.29) is 17.1 Å². The van der Waals surface area contributed by atoms with Gasteiger partial charge in [0.2, 0.25) is 0 Å². The Morgan fingerprint density at radius 1 is 1.39 bits per heavy atom. The summed E-state index contributed by atoms with van der Waals surface area (Å²) in [5.74, 6) is 1.10. The van der Waals surface area contributed by atoms with Gasteiger partial charge in [0.25, 0.3) is 0 Å². The molecule has 96 valence electrons. The zero-order valence-electron chi connectivity index (χ0n) is 10.7. The average Bonchev–Trinajstić information content (AvgIpc) is 2.40. The number of carbonyl (C=O) groups is 1. The first-order valence-corrected chi connectivity index (χ1v) is 6.59. The third kappa shape index (κ3) is 2.59. The number of allylic oxidation sites excluding steroid dienone is 1. The van der Waals surface area contributed by atoms with Crippen LogP contribution in [0.3, 0.4) is 0 Å². The van der Waals surface area contributed by atoms with Crippen molar-refractivity contribution in [2.45, 2.75) is 25.1 Å². The summed E-state index contributed by atoms with van der Waals surface area (Å²) in [5.41, 5.74) is 1.74. The highest BCUT2D eigenvalue weighted by Gasteiger charge is 2.30. The molecule has 0 heterocycles. The molecular weight excluding hydrogens is 248 g/mol. The van der Waals surface area contributed by atoms with E-state index < -0.39 is 0 Å². The van der Waals surface area contributed by atoms with Crippen molar-refractivity contribution in [3.63, 3.8) is 0 Å². The van der Waals surface area contributed by atoms with E-state index in [0.717, 1.165) is 29.7 Å². The lowest BCUT2D eigenvalue weighted by atomic mass is 9.84. The first-order valence-electron chi connectivity index (χ1n) is 6.15. The van der Waals surface area contributed by atoms with Crippen LogP contribution in [0, 0.1) is 5.92 Å². The number of ketones is 1. The van der Waals surface area contributed by atoms with Crippen molar-refractivity contribution in [3.05, 3.63) is 35.4 Å². The van der Waals surface area contributed by atoms with Crippen LogP contribution in [-0.2, 0) is 4.79 Å². The molecule has 0 bridgehead atoms. The van der Waals surface area contributed by atoms with Gasteiger partial charge < -0.3 is 4.74 Å². The molecule has 1 aliphatic rings. The van der Waals surface area contributed by atoms with Gasteiger partial charge in [-0.2, -0.15) is 0 Å². The third-order valence-corrected chi connectivity index (χ3v) is 4.03. The summed E-state index contributed by atoms with van der Waals surface area (Å²) in [5, 5.41) is -0.389. The Morgan fingerprint density at radius 2 is 2.11 bits per heavy atom. The molecule has 0 aliphatic heterocycles. The van der Waals surface area contributed by atoms with E-state index in [1.807, 2.05) is 37.3 Å². The molecule has 0 radical (unpaired) electrons. The molecular formula is C15H17ClO2. The van der Waals surface area contributed by atoms with Crippen LogP contribution in [0.2, 0.25) is 0 Å². The summed E-state index contributed by atoms with van der Waals surface area (Å²) in [7, 11) is 1.63. The normalized spacial score (nSPS) is 26.4. The molecule has 2 rings (SSSR count). The van der Waals surface area contributed by atoms with Gasteiger partial charge in [0.1, 0.15) is 5.75 Å². The number of alkyl halides is 1. The van der Waals surface area contributed by atoms with E-state index in [2.05, 4.69) is 0 Å². The highest BCUT2D eigenvalue weighted by molar-refractivity contribution is 6.34. The number of Topliss-reactive ketones (excluding diaryl/α,β-unsaturated/α-hetero) is 1. The highest BCUT2D eigenvalue weighted by Crippen LogP contribution is 2.31. The Labute approximate surface area is 113 Å². The Bertz CT molecular complexity index is 479. The summed E-state index contributed by atoms with van der Waals surface area (Å²) in [6.45, 7) is 2.02. The van der Waals surface area contributed by atoms with E-state index in [1.54, 1.807) is 7.11 Å². The van der Waals surface area contributed by atoms with Crippen LogP contribution in [0.5, 0.6) is 5.75 Å². The first-order chi connectivity index (χ1) is 8.63. The van der Waals surface area contributed by atoms with Gasteiger partial charge in [-0.3, -0.25) is 4.79 Å². The van der Waals surface area contributed by atoms with Crippen LogP contribution in [0.25, 0.3) is 6.08 Å². The van der Waals surface area contributed by atoms with Crippen molar-refractivity contribution in [1.82, 2.24) is 0 Å². The molecule has 2 nitrogen and oxygen atoms in total. The fourth-order valence-electron chi connectivity index (χ4n) is 2.20. The lowest BCUT2D eigenvalue weighted by Gasteiger charge is -2.24. The monoisotopic (exact) mass is 264 g/mol. The minimum atomic E-state index is -0.389. The lowest BCUT2D eigenvalue weighted by molar-refractivity contribution is -0.116. The third-order valence-electron chi connectivity index (χ3n) is 3.40. The predicted octanol–water partition coefficient (Wildman–Crippen LogP) is 3.69. The number of benzene rings is 1. The number of para-hydroxylation sites is 1. The van der Waals surface area contributed by atoms with Crippen molar-refractivity contribution in [2.24, 2.45) is 5.92 Å². The molecule has 0 aromatic heterocycles. The van der Waals surface area contributed by atoms with Crippen LogP contribution < -0.4 is 4.74 Å². The van der Waals surface area contributed by atoms with Gasteiger partial charge >= 0.3 is 0 Å². The van der Waals surface area contributed by atoms with Gasteiger partial charge in [0.05, 0.1) is 12.5 Å². The minimum absolute atomic E-state index is 0.0568. The number of ether oxygens (including phenoxy) is 1.